The van der Waals surface area contributed by atoms with Crippen LogP contribution in [0.15, 0.2) is 0 Å². The maximum atomic E-state index is 11.6. The van der Waals surface area contributed by atoms with Crippen LogP contribution in [0.2, 0.25) is 0 Å². The maximum Gasteiger partial charge on any atom is 0.311 e. The minimum Gasteiger partial charge on any atom is -0.465 e. The van der Waals surface area contributed by atoms with E-state index in [2.05, 4.69) is 20.8 Å². The van der Waals surface area contributed by atoms with Crippen LogP contribution >= 0.6 is 0 Å². The van der Waals surface area contributed by atoms with Crippen LogP contribution in [-0.4, -0.2) is 239 Å². The first-order valence-corrected chi connectivity index (χ1v) is 51.9. The molecule has 0 radical (unpaired) electrons. The zero-order chi connectivity index (χ0) is 108. The Morgan fingerprint density at radius 3 is 0.570 bits per heavy atom. The highest BCUT2D eigenvalue weighted by Gasteiger charge is 2.31. The summed E-state index contributed by atoms with van der Waals surface area (Å²) < 4.78 is 45.5. The summed E-state index contributed by atoms with van der Waals surface area (Å²) in [5, 5.41) is 0. The van der Waals surface area contributed by atoms with Gasteiger partial charge in [-0.2, -0.15) is 0 Å². The fraction of sp³-hybridized carbons (Fsp3) is 0.890. The van der Waals surface area contributed by atoms with Crippen LogP contribution in [0, 0.1) is 68.5 Å². The van der Waals surface area contributed by atoms with Gasteiger partial charge in [0.15, 0.2) is 0 Å². The quantitative estimate of drug-likeness (QED) is 0.0310. The summed E-state index contributed by atoms with van der Waals surface area (Å²) >= 11 is 0. The molecule has 0 aliphatic carbocycles. The lowest BCUT2D eigenvalue weighted by atomic mass is 9.91. The summed E-state index contributed by atoms with van der Waals surface area (Å²) in [5.74, 6) is 1.57. The van der Waals surface area contributed by atoms with Crippen molar-refractivity contribution in [3.63, 3.8) is 0 Å². The first-order chi connectivity index (χ1) is 62.6. The second-order valence-electron chi connectivity index (χ2n) is 39.0. The summed E-state index contributed by atoms with van der Waals surface area (Å²) in [5.41, 5.74) is -1.65. The van der Waals surface area contributed by atoms with Gasteiger partial charge in [0.05, 0.1) is 98.4 Å². The highest BCUT2D eigenvalue weighted by atomic mass is 16.6. The Kier molecular flexibility index (Phi) is 113. The van der Waals surface area contributed by atoms with Crippen molar-refractivity contribution in [2.75, 3.05) is 144 Å². The van der Waals surface area contributed by atoms with Gasteiger partial charge in [0, 0.05) is 107 Å². The van der Waals surface area contributed by atoms with Gasteiger partial charge in [-0.3, -0.25) is 57.5 Å². The molecule has 0 saturated carbocycles. The molecular formula is C109H223N5O21. The number of esters is 7. The van der Waals surface area contributed by atoms with Crippen molar-refractivity contribution in [1.82, 2.24) is 24.5 Å². The van der Waals surface area contributed by atoms with Gasteiger partial charge in [-0.15, -0.1) is 0 Å². The van der Waals surface area contributed by atoms with Gasteiger partial charge < -0.3 is 67.1 Å². The van der Waals surface area contributed by atoms with Crippen LogP contribution in [0.4, 0.5) is 0 Å². The monoisotopic (exact) mass is 1940 g/mol. The van der Waals surface area contributed by atoms with Gasteiger partial charge in [0.25, 0.3) is 0 Å². The van der Waals surface area contributed by atoms with E-state index in [0.717, 1.165) is 122 Å². The first kappa shape index (κ1) is 154. The van der Waals surface area contributed by atoms with E-state index in [9.17, 15) is 57.5 Å². The van der Waals surface area contributed by atoms with Crippen LogP contribution in [-0.2, 0) is 100 Å². The third-order valence-electron chi connectivity index (χ3n) is 23.0. The topological polar surface area (TPSA) is 304 Å². The van der Waals surface area contributed by atoms with Gasteiger partial charge >= 0.3 is 41.8 Å². The minimum absolute atomic E-state index is 0.0523. The minimum atomic E-state index is -0.396. The molecule has 0 N–H and O–H groups in total. The van der Waals surface area contributed by atoms with Crippen LogP contribution in [0.3, 0.4) is 0 Å². The molecule has 5 amide bonds. The second-order valence-corrected chi connectivity index (χ2v) is 39.0. The molecule has 135 heavy (non-hydrogen) atoms. The molecule has 0 saturated heterocycles. The Labute approximate surface area is 832 Å². The zero-order valence-electron chi connectivity index (χ0n) is 96.9. The lowest BCUT2D eigenvalue weighted by Crippen LogP contribution is -2.27. The van der Waals surface area contributed by atoms with Crippen molar-refractivity contribution in [3.05, 3.63) is 0 Å². The molecule has 0 fully saturated rings. The Bertz CT molecular complexity index is 2620. The fourth-order valence-corrected chi connectivity index (χ4v) is 8.83. The summed E-state index contributed by atoms with van der Waals surface area (Å²) in [6, 6.07) is 0. The highest BCUT2D eigenvalue weighted by molar-refractivity contribution is 5.81. The fourth-order valence-electron chi connectivity index (χ4n) is 8.83. The van der Waals surface area contributed by atoms with E-state index < -0.39 is 5.41 Å². The number of hydrogen-bond acceptors (Lipinski definition) is 21. The summed E-state index contributed by atoms with van der Waals surface area (Å²) in [6.07, 6.45) is 29.9. The van der Waals surface area contributed by atoms with Crippen molar-refractivity contribution >= 4 is 71.3 Å². The molecule has 0 spiro atoms. The van der Waals surface area contributed by atoms with Crippen molar-refractivity contribution in [1.29, 1.82) is 0 Å². The molecule has 0 bridgehead atoms. The van der Waals surface area contributed by atoms with Gasteiger partial charge in [0.1, 0.15) is 6.61 Å². The SMILES string of the molecule is CCC(C)(C)C(=O)OCCOCCOC.CCC(C)C(=O)N(C)C.CCC(C)C(=O)N(C)C.CCC(C)C(=O)N(C)C.CCC(C)C(=O)N(C)C.CCC(C)C(=O)N(C)C.CCCCCCCCOC(=O)C(C)(C)CC.CCCCCCCCOC(=O)C(C)(C)CC.CCCCOC(=O)C(C)CC.CCCOC(=O)C(C)(C)CC.CCCOC(=O)C(C)(C)CC.CCCOC(=O)C(C)CC. The van der Waals surface area contributed by atoms with Gasteiger partial charge in [-0.25, -0.2) is 0 Å². The van der Waals surface area contributed by atoms with E-state index in [1.807, 2.05) is 222 Å². The standard InChI is InChI=1S/2C14H28O2.C11H22O4.3C9H18O2.C8H16O2.5C7H15NO/c2*1-5-7-8-9-10-11-12-16-13(15)14(3,4)6-2;1-5-11(2,3)10(12)15-9-8-14-7-6-13-4;2*1-5-7-11-8(10)9(3,4)6-2;1-4-6-7-11-9(10)8(3)5-2;1-4-6-10-8(9)7(3)5-2;5*1-5-6(2)7(9)8(3)4/h2*5-12H2,1-4H3;5-9H2,1-4H3;2*5-7H2,1-4H3;8H,4-7H2,1-3H3;7H,4-6H2,1-3H3;5*6H,5H2,1-4H3. The van der Waals surface area contributed by atoms with Crippen LogP contribution in [0.25, 0.3) is 0 Å². The maximum absolute atomic E-state index is 11.6. The van der Waals surface area contributed by atoms with E-state index in [4.69, 9.17) is 42.6 Å². The van der Waals surface area contributed by atoms with E-state index in [1.54, 1.807) is 102 Å². The molecule has 7 unspecified atom stereocenters. The van der Waals surface area contributed by atoms with Gasteiger partial charge in [0.2, 0.25) is 29.5 Å². The smallest absolute Gasteiger partial charge is 0.311 e. The number of amides is 5. The number of methoxy groups -OCH3 is 1. The Morgan fingerprint density at radius 1 is 0.207 bits per heavy atom. The zero-order valence-corrected chi connectivity index (χ0v) is 96.9. The molecule has 26 nitrogen and oxygen atoms in total. The number of rotatable bonds is 53. The van der Waals surface area contributed by atoms with Gasteiger partial charge in [-0.05, 0) is 185 Å². The van der Waals surface area contributed by atoms with E-state index in [-0.39, 0.29) is 134 Å². The van der Waals surface area contributed by atoms with Crippen LogP contribution in [0.5, 0.6) is 0 Å². The molecule has 0 aliphatic heterocycles. The number of nitrogens with zero attached hydrogens (tertiary/aromatic N) is 5. The predicted octanol–water partition coefficient (Wildman–Crippen LogP) is 25.0. The number of unbranched alkanes of at least 4 members (excludes halogenated alkanes) is 11. The predicted molar refractivity (Wildman–Crippen MR) is 562 cm³/mol. The highest BCUT2D eigenvalue weighted by Crippen LogP contribution is 2.26. The molecule has 0 aromatic carbocycles. The Morgan fingerprint density at radius 2 is 0.385 bits per heavy atom. The number of ether oxygens (including phenoxy) is 9. The van der Waals surface area contributed by atoms with Crippen molar-refractivity contribution in [3.8, 4) is 0 Å². The molecule has 0 aromatic rings. The van der Waals surface area contributed by atoms with Crippen LogP contribution in [0.1, 0.15) is 429 Å². The Balaban J connectivity index is -0.000000123. The average molecular weight is 1940 g/mol. The van der Waals surface area contributed by atoms with Crippen LogP contribution < -0.4 is 0 Å². The molecule has 7 atom stereocenters. The summed E-state index contributed by atoms with van der Waals surface area (Å²) in [4.78, 5) is 142. The normalized spacial score (nSPS) is 12.1. The van der Waals surface area contributed by atoms with Gasteiger partial charge in [-0.1, -0.05) is 244 Å². The molecule has 0 aliphatic rings. The third kappa shape index (κ3) is 97.6. The van der Waals surface area contributed by atoms with E-state index in [0.29, 0.717) is 66.1 Å². The lowest BCUT2D eigenvalue weighted by Gasteiger charge is -2.20. The summed E-state index contributed by atoms with van der Waals surface area (Å²) in [7, 11) is 19.5. The van der Waals surface area contributed by atoms with Crippen molar-refractivity contribution < 1.29 is 100 Å². The molecular weight excluding hydrogens is 1720 g/mol. The van der Waals surface area contributed by atoms with Crippen molar-refractivity contribution in [2.24, 2.45) is 68.5 Å². The van der Waals surface area contributed by atoms with E-state index >= 15 is 0 Å². The Hall–Kier alpha value is -6.44. The molecule has 0 rings (SSSR count). The van der Waals surface area contributed by atoms with E-state index in [1.165, 1.54) is 64.2 Å². The second kappa shape index (κ2) is 99.1. The molecule has 26 heteroatoms. The lowest BCUT2D eigenvalue weighted by molar-refractivity contribution is -0.156. The molecule has 0 aromatic heterocycles. The third-order valence-corrected chi connectivity index (χ3v) is 23.0. The van der Waals surface area contributed by atoms with Crippen molar-refractivity contribution in [2.45, 2.75) is 429 Å². The number of carbonyl (C=O) groups excluding carboxylic acids is 12. The number of carbonyl (C=O) groups is 12. The molecule has 810 valence electrons. The summed E-state index contributed by atoms with van der Waals surface area (Å²) in [6.45, 7) is 74.5. The number of hydrogen-bond donors (Lipinski definition) is 0. The first-order valence-electron chi connectivity index (χ1n) is 51.9. The molecule has 0 heterocycles. The largest absolute Gasteiger partial charge is 0.465 e. The average Bonchev–Trinajstić information content (AvgIpc) is 0.901.